The smallest absolute Gasteiger partial charge is 0.174 e. The van der Waals surface area contributed by atoms with E-state index in [1.807, 2.05) is 80.0 Å². The molecule has 1 fully saturated rings. The highest BCUT2D eigenvalue weighted by atomic mass is 32.1. The number of pyridine rings is 1. The number of ether oxygens (including phenoxy) is 2. The van der Waals surface area contributed by atoms with Gasteiger partial charge in [-0.25, -0.2) is 0 Å². The molecule has 7 heteroatoms. The van der Waals surface area contributed by atoms with Crippen molar-refractivity contribution in [2.45, 2.75) is 12.1 Å². The summed E-state index contributed by atoms with van der Waals surface area (Å²) in [5.41, 5.74) is 3.11. The Labute approximate surface area is 198 Å². The van der Waals surface area contributed by atoms with E-state index in [4.69, 9.17) is 21.7 Å². The van der Waals surface area contributed by atoms with Crippen LogP contribution in [0.4, 0.5) is 5.69 Å². The summed E-state index contributed by atoms with van der Waals surface area (Å²) >= 11 is 5.78. The van der Waals surface area contributed by atoms with E-state index >= 15 is 0 Å². The number of thiocarbonyl (C=S) groups is 1. The molecule has 0 unspecified atom stereocenters. The topological polar surface area (TPSA) is 51.6 Å². The molecule has 0 bridgehead atoms. The first kappa shape index (κ1) is 21.0. The van der Waals surface area contributed by atoms with Gasteiger partial charge in [-0.1, -0.05) is 6.07 Å². The van der Waals surface area contributed by atoms with E-state index in [1.165, 1.54) is 5.56 Å². The van der Waals surface area contributed by atoms with E-state index in [1.54, 1.807) is 7.11 Å². The summed E-state index contributed by atoms with van der Waals surface area (Å²) in [7, 11) is 3.67. The van der Waals surface area contributed by atoms with Crippen molar-refractivity contribution >= 4 is 23.0 Å². The molecule has 6 nitrogen and oxygen atoms in total. The van der Waals surface area contributed by atoms with Crippen molar-refractivity contribution in [2.24, 2.45) is 7.05 Å². The molecule has 1 aliphatic rings. The number of aryl methyl sites for hydroxylation is 1. The third-order valence-corrected chi connectivity index (χ3v) is 6.02. The van der Waals surface area contributed by atoms with E-state index in [2.05, 4.69) is 38.2 Å². The SMILES string of the molecule is COc1ccc(Oc2ccc(N3C(=S)N[C@@H](c4ccccn4)[C@H]3c3ccn(C)c3)cc2)cc1. The second-order valence-electron chi connectivity index (χ2n) is 7.88. The maximum Gasteiger partial charge on any atom is 0.174 e. The molecule has 33 heavy (non-hydrogen) atoms. The van der Waals surface area contributed by atoms with Gasteiger partial charge in [-0.15, -0.1) is 0 Å². The number of anilines is 1. The van der Waals surface area contributed by atoms with E-state index < -0.39 is 0 Å². The van der Waals surface area contributed by atoms with Gasteiger partial charge in [-0.2, -0.15) is 0 Å². The molecular weight excluding hydrogens is 432 g/mol. The largest absolute Gasteiger partial charge is 0.497 e. The van der Waals surface area contributed by atoms with Crippen LogP contribution in [0.1, 0.15) is 23.3 Å². The average Bonchev–Trinajstić information content (AvgIpc) is 3.43. The van der Waals surface area contributed by atoms with Crippen molar-refractivity contribution < 1.29 is 9.47 Å². The van der Waals surface area contributed by atoms with Gasteiger partial charge < -0.3 is 24.3 Å². The van der Waals surface area contributed by atoms with Gasteiger partial charge in [-0.3, -0.25) is 4.98 Å². The van der Waals surface area contributed by atoms with Crippen molar-refractivity contribution in [3.8, 4) is 17.2 Å². The van der Waals surface area contributed by atoms with Gasteiger partial charge in [0.25, 0.3) is 0 Å². The van der Waals surface area contributed by atoms with Crippen molar-refractivity contribution in [3.63, 3.8) is 0 Å². The molecule has 1 N–H and O–H groups in total. The molecule has 0 aliphatic carbocycles. The molecule has 0 radical (unpaired) electrons. The highest BCUT2D eigenvalue weighted by Crippen LogP contribution is 2.42. The molecule has 2 atom stereocenters. The van der Waals surface area contributed by atoms with E-state index in [9.17, 15) is 0 Å². The number of methoxy groups -OCH3 is 1. The summed E-state index contributed by atoms with van der Waals surface area (Å²) in [6.07, 6.45) is 6.00. The number of benzene rings is 2. The molecule has 0 saturated carbocycles. The van der Waals surface area contributed by atoms with Crippen LogP contribution in [0, 0.1) is 0 Å². The lowest BCUT2D eigenvalue weighted by molar-refractivity contribution is 0.413. The fraction of sp³-hybridized carbons (Fsp3) is 0.154. The molecule has 0 spiro atoms. The Hall–Kier alpha value is -3.84. The van der Waals surface area contributed by atoms with Gasteiger partial charge in [0.1, 0.15) is 17.2 Å². The zero-order valence-corrected chi connectivity index (χ0v) is 19.2. The normalized spacial score (nSPS) is 17.6. The van der Waals surface area contributed by atoms with Crippen LogP contribution in [0.3, 0.4) is 0 Å². The summed E-state index contributed by atoms with van der Waals surface area (Å²) in [4.78, 5) is 6.75. The van der Waals surface area contributed by atoms with Crippen LogP contribution >= 0.6 is 12.2 Å². The maximum atomic E-state index is 5.99. The maximum absolute atomic E-state index is 5.99. The molecule has 1 aliphatic heterocycles. The predicted octanol–water partition coefficient (Wildman–Crippen LogP) is 5.40. The molecule has 0 amide bonds. The van der Waals surface area contributed by atoms with Gasteiger partial charge in [0.15, 0.2) is 5.11 Å². The highest BCUT2D eigenvalue weighted by Gasteiger charge is 2.40. The Morgan fingerprint density at radius 2 is 1.61 bits per heavy atom. The van der Waals surface area contributed by atoms with Crippen LogP contribution in [0.5, 0.6) is 17.2 Å². The fourth-order valence-corrected chi connectivity index (χ4v) is 4.47. The van der Waals surface area contributed by atoms with Gasteiger partial charge in [0, 0.05) is 31.3 Å². The number of hydrogen-bond acceptors (Lipinski definition) is 4. The number of rotatable bonds is 6. The number of aromatic nitrogens is 2. The fourth-order valence-electron chi connectivity index (χ4n) is 4.13. The highest BCUT2D eigenvalue weighted by molar-refractivity contribution is 7.80. The van der Waals surface area contributed by atoms with E-state index in [0.29, 0.717) is 5.11 Å². The average molecular weight is 457 g/mol. The summed E-state index contributed by atoms with van der Waals surface area (Å²) in [5, 5.41) is 4.15. The van der Waals surface area contributed by atoms with Crippen LogP contribution in [0.15, 0.2) is 91.4 Å². The Bertz CT molecular complexity index is 1240. The van der Waals surface area contributed by atoms with Crippen molar-refractivity contribution in [1.82, 2.24) is 14.9 Å². The van der Waals surface area contributed by atoms with Gasteiger partial charge in [-0.05, 0) is 84.5 Å². The predicted molar refractivity (Wildman–Crippen MR) is 133 cm³/mol. The van der Waals surface area contributed by atoms with Crippen LogP contribution in [-0.4, -0.2) is 21.8 Å². The van der Waals surface area contributed by atoms with Gasteiger partial charge >= 0.3 is 0 Å². The zero-order valence-electron chi connectivity index (χ0n) is 18.4. The van der Waals surface area contributed by atoms with E-state index in [-0.39, 0.29) is 12.1 Å². The van der Waals surface area contributed by atoms with Crippen LogP contribution < -0.4 is 19.7 Å². The third kappa shape index (κ3) is 4.27. The monoisotopic (exact) mass is 456 g/mol. The summed E-state index contributed by atoms with van der Waals surface area (Å²) in [6.45, 7) is 0. The van der Waals surface area contributed by atoms with Crippen LogP contribution in [0.2, 0.25) is 0 Å². The second kappa shape index (κ2) is 8.96. The Balaban J connectivity index is 1.44. The Morgan fingerprint density at radius 3 is 2.21 bits per heavy atom. The first-order chi connectivity index (χ1) is 16.1. The summed E-state index contributed by atoms with van der Waals surface area (Å²) < 4.78 is 13.2. The van der Waals surface area contributed by atoms with Crippen molar-refractivity contribution in [1.29, 1.82) is 0 Å². The second-order valence-corrected chi connectivity index (χ2v) is 8.27. The van der Waals surface area contributed by atoms with E-state index in [0.717, 1.165) is 28.6 Å². The molecule has 166 valence electrons. The molecule has 3 heterocycles. The van der Waals surface area contributed by atoms with Crippen molar-refractivity contribution in [3.05, 3.63) is 103 Å². The number of hydrogen-bond donors (Lipinski definition) is 1. The molecule has 2 aromatic carbocycles. The van der Waals surface area contributed by atoms with Gasteiger partial charge in [0.2, 0.25) is 0 Å². The minimum Gasteiger partial charge on any atom is -0.497 e. The summed E-state index contributed by atoms with van der Waals surface area (Å²) in [6, 6.07) is 23.5. The van der Waals surface area contributed by atoms with Crippen LogP contribution in [-0.2, 0) is 7.05 Å². The Kier molecular flexibility index (Phi) is 5.71. The molecular formula is C26H24N4O2S. The zero-order chi connectivity index (χ0) is 22.8. The number of nitrogens with zero attached hydrogens (tertiary/aromatic N) is 3. The molecule has 1 saturated heterocycles. The molecule has 5 rings (SSSR count). The summed E-state index contributed by atoms with van der Waals surface area (Å²) in [5.74, 6) is 2.29. The standard InChI is InChI=1S/C26H24N4O2S/c1-29-16-14-18(17-29)25-24(23-5-3-4-15-27-23)28-26(33)30(25)19-6-8-21(9-7-19)32-22-12-10-20(31-2)11-13-22/h3-17,24-25H,1-2H3,(H,28,33)/t24-,25+/m0/s1. The van der Waals surface area contributed by atoms with Gasteiger partial charge in [0.05, 0.1) is 24.9 Å². The number of nitrogens with one attached hydrogen (secondary N) is 1. The first-order valence-corrected chi connectivity index (χ1v) is 11.1. The first-order valence-electron chi connectivity index (χ1n) is 10.7. The molecule has 4 aromatic rings. The Morgan fingerprint density at radius 1 is 0.909 bits per heavy atom. The minimum atomic E-state index is -0.0590. The minimum absolute atomic E-state index is 0.0260. The van der Waals surface area contributed by atoms with Crippen LogP contribution in [0.25, 0.3) is 0 Å². The lowest BCUT2D eigenvalue weighted by Crippen LogP contribution is -2.29. The molecule has 2 aromatic heterocycles. The quantitative estimate of drug-likeness (QED) is 0.392. The third-order valence-electron chi connectivity index (χ3n) is 5.70. The van der Waals surface area contributed by atoms with Crippen molar-refractivity contribution in [2.75, 3.05) is 12.0 Å². The lowest BCUT2D eigenvalue weighted by atomic mass is 9.98. The lowest BCUT2D eigenvalue weighted by Gasteiger charge is -2.27.